The number of aryl methyl sites for hydroxylation is 1. The molecule has 1 aromatic carbocycles. The molecule has 1 amide bonds. The largest absolute Gasteiger partial charge is 0.375 e. The average molecular weight is 449 g/mol. The summed E-state index contributed by atoms with van der Waals surface area (Å²) in [6.45, 7) is 5.38. The first-order valence-electron chi connectivity index (χ1n) is 11.6. The summed E-state index contributed by atoms with van der Waals surface area (Å²) in [5.74, 6) is 0.190. The molecule has 1 unspecified atom stereocenters. The SMILES string of the molecule is Cn1cc(C(=O)C2CCN(C(=O)CC(C)(C)CC3=Cc4ccccc4C(C=O)N3)CC2)cn1. The van der Waals surface area contributed by atoms with E-state index in [9.17, 15) is 14.4 Å². The zero-order valence-corrected chi connectivity index (χ0v) is 19.6. The highest BCUT2D eigenvalue weighted by atomic mass is 16.2. The number of amides is 1. The van der Waals surface area contributed by atoms with E-state index in [1.54, 1.807) is 24.1 Å². The fraction of sp³-hybridized carbons (Fsp3) is 0.462. The minimum absolute atomic E-state index is 0.0526. The Kier molecular flexibility index (Phi) is 6.49. The Hall–Kier alpha value is -3.22. The van der Waals surface area contributed by atoms with E-state index in [0.717, 1.165) is 23.1 Å². The number of likely N-dealkylation sites (tertiary alicyclic amines) is 1. The maximum absolute atomic E-state index is 13.1. The Morgan fingerprint density at radius 1 is 1.21 bits per heavy atom. The lowest BCUT2D eigenvalue weighted by Crippen LogP contribution is -2.42. The third kappa shape index (κ3) is 5.24. The van der Waals surface area contributed by atoms with Gasteiger partial charge in [0.05, 0.1) is 11.8 Å². The molecule has 2 aliphatic rings. The Morgan fingerprint density at radius 3 is 2.61 bits per heavy atom. The highest BCUT2D eigenvalue weighted by molar-refractivity contribution is 5.97. The molecule has 0 saturated carbocycles. The number of nitrogens with one attached hydrogen (secondary N) is 1. The van der Waals surface area contributed by atoms with Crippen LogP contribution in [0.15, 0.2) is 42.4 Å². The second-order valence-corrected chi connectivity index (χ2v) is 10.00. The van der Waals surface area contributed by atoms with Crippen molar-refractivity contribution >= 4 is 24.1 Å². The molecule has 0 spiro atoms. The first-order chi connectivity index (χ1) is 15.8. The molecule has 1 saturated heterocycles. The molecule has 2 aromatic rings. The summed E-state index contributed by atoms with van der Waals surface area (Å²) in [6.07, 6.45) is 8.84. The van der Waals surface area contributed by atoms with Gasteiger partial charge in [-0.1, -0.05) is 38.1 Å². The van der Waals surface area contributed by atoms with Crippen LogP contribution in [0.3, 0.4) is 0 Å². The summed E-state index contributed by atoms with van der Waals surface area (Å²) in [6, 6.07) is 7.53. The van der Waals surface area contributed by atoms with Gasteiger partial charge in [-0.3, -0.25) is 14.3 Å². The third-order valence-electron chi connectivity index (χ3n) is 6.64. The number of Topliss-reactive ketones (excluding diaryl/α,β-unsaturated/α-hetero) is 1. The van der Waals surface area contributed by atoms with Gasteiger partial charge in [-0.25, -0.2) is 0 Å². The van der Waals surface area contributed by atoms with Crippen molar-refractivity contribution in [2.75, 3.05) is 13.1 Å². The summed E-state index contributed by atoms with van der Waals surface area (Å²) in [5.41, 5.74) is 3.38. The smallest absolute Gasteiger partial charge is 0.223 e. The van der Waals surface area contributed by atoms with Crippen molar-refractivity contribution in [2.24, 2.45) is 18.4 Å². The van der Waals surface area contributed by atoms with Crippen LogP contribution in [0.2, 0.25) is 0 Å². The molecule has 4 rings (SSSR count). The van der Waals surface area contributed by atoms with Gasteiger partial charge in [-0.2, -0.15) is 5.10 Å². The van der Waals surface area contributed by atoms with Crippen LogP contribution in [0.4, 0.5) is 0 Å². The summed E-state index contributed by atoms with van der Waals surface area (Å²) >= 11 is 0. The monoisotopic (exact) mass is 448 g/mol. The van der Waals surface area contributed by atoms with Crippen LogP contribution in [0.1, 0.15) is 67.1 Å². The molecule has 1 N–H and O–H groups in total. The summed E-state index contributed by atoms with van der Waals surface area (Å²) in [5, 5.41) is 7.42. The van der Waals surface area contributed by atoms with Crippen LogP contribution in [0, 0.1) is 11.3 Å². The molecular weight excluding hydrogens is 416 g/mol. The molecule has 1 atom stereocenters. The van der Waals surface area contributed by atoms with E-state index in [2.05, 4.69) is 30.3 Å². The number of aldehydes is 1. The van der Waals surface area contributed by atoms with Crippen LogP contribution in [0.5, 0.6) is 0 Å². The number of carbonyl (C=O) groups is 3. The van der Waals surface area contributed by atoms with Gasteiger partial charge >= 0.3 is 0 Å². The Labute approximate surface area is 194 Å². The molecule has 3 heterocycles. The van der Waals surface area contributed by atoms with Gasteiger partial charge in [0.25, 0.3) is 0 Å². The van der Waals surface area contributed by atoms with Crippen LogP contribution < -0.4 is 5.32 Å². The molecule has 0 radical (unpaired) electrons. The number of ketones is 1. The quantitative estimate of drug-likeness (QED) is 0.517. The molecular formula is C26H32N4O3. The van der Waals surface area contributed by atoms with Crippen LogP contribution in [-0.2, 0) is 16.6 Å². The molecule has 7 nitrogen and oxygen atoms in total. The number of rotatable bonds is 7. The number of hydrogen-bond donors (Lipinski definition) is 1. The van der Waals surface area contributed by atoms with Gasteiger partial charge in [-0.05, 0) is 41.9 Å². The summed E-state index contributed by atoms with van der Waals surface area (Å²) < 4.78 is 1.64. The highest BCUT2D eigenvalue weighted by Crippen LogP contribution is 2.34. The van der Waals surface area contributed by atoms with Crippen LogP contribution >= 0.6 is 0 Å². The second kappa shape index (κ2) is 9.33. The molecule has 33 heavy (non-hydrogen) atoms. The molecule has 2 aliphatic heterocycles. The number of hydrogen-bond acceptors (Lipinski definition) is 5. The number of piperidine rings is 1. The Balaban J connectivity index is 1.33. The van der Waals surface area contributed by atoms with Crippen molar-refractivity contribution in [1.82, 2.24) is 20.0 Å². The summed E-state index contributed by atoms with van der Waals surface area (Å²) in [7, 11) is 1.80. The van der Waals surface area contributed by atoms with Gasteiger partial charge in [-0.15, -0.1) is 0 Å². The van der Waals surface area contributed by atoms with Crippen molar-refractivity contribution in [3.05, 3.63) is 59.0 Å². The topological polar surface area (TPSA) is 84.3 Å². The number of allylic oxidation sites excluding steroid dienone is 1. The van der Waals surface area contributed by atoms with E-state index in [1.165, 1.54) is 0 Å². The predicted octanol–water partition coefficient (Wildman–Crippen LogP) is 3.53. The lowest BCUT2D eigenvalue weighted by molar-refractivity contribution is -0.134. The number of benzene rings is 1. The van der Waals surface area contributed by atoms with E-state index in [-0.39, 0.29) is 29.1 Å². The normalized spacial score (nSPS) is 18.8. The van der Waals surface area contributed by atoms with Gasteiger partial charge in [0.1, 0.15) is 12.3 Å². The molecule has 7 heteroatoms. The van der Waals surface area contributed by atoms with E-state index < -0.39 is 0 Å². The first kappa shape index (κ1) is 23.0. The van der Waals surface area contributed by atoms with Crippen molar-refractivity contribution in [3.63, 3.8) is 0 Å². The first-order valence-corrected chi connectivity index (χ1v) is 11.6. The van der Waals surface area contributed by atoms with E-state index in [4.69, 9.17) is 0 Å². The predicted molar refractivity (Wildman–Crippen MR) is 126 cm³/mol. The Bertz CT molecular complexity index is 1080. The van der Waals surface area contributed by atoms with Crippen LogP contribution in [0.25, 0.3) is 6.08 Å². The number of carbonyl (C=O) groups excluding carboxylic acids is 3. The van der Waals surface area contributed by atoms with Gasteiger partial charge in [0.2, 0.25) is 5.91 Å². The van der Waals surface area contributed by atoms with E-state index in [1.807, 2.05) is 29.2 Å². The van der Waals surface area contributed by atoms with Crippen molar-refractivity contribution < 1.29 is 14.4 Å². The third-order valence-corrected chi connectivity index (χ3v) is 6.64. The molecule has 1 fully saturated rings. The minimum Gasteiger partial charge on any atom is -0.375 e. The highest BCUT2D eigenvalue weighted by Gasteiger charge is 2.32. The zero-order valence-electron chi connectivity index (χ0n) is 19.6. The summed E-state index contributed by atoms with van der Waals surface area (Å²) in [4.78, 5) is 39.2. The van der Waals surface area contributed by atoms with Gasteiger partial charge in [0.15, 0.2) is 5.78 Å². The molecule has 0 aliphatic carbocycles. The standard InChI is InChI=1S/C26H32N4O3/c1-26(2,13-21-12-19-6-4-5-7-22(19)23(17-31)28-21)14-24(32)30-10-8-18(9-11-30)25(33)20-15-27-29(3)16-20/h4-7,12,15-18,23,28H,8-11,13-14H2,1-3H3. The number of aromatic nitrogens is 2. The van der Waals surface area contributed by atoms with Crippen molar-refractivity contribution in [3.8, 4) is 0 Å². The molecule has 1 aromatic heterocycles. The molecule has 0 bridgehead atoms. The fourth-order valence-electron chi connectivity index (χ4n) is 4.92. The van der Waals surface area contributed by atoms with E-state index >= 15 is 0 Å². The fourth-order valence-corrected chi connectivity index (χ4v) is 4.92. The van der Waals surface area contributed by atoms with Crippen molar-refractivity contribution in [1.29, 1.82) is 0 Å². The Morgan fingerprint density at radius 2 is 1.94 bits per heavy atom. The van der Waals surface area contributed by atoms with Gasteiger partial charge in [0, 0.05) is 44.4 Å². The average Bonchev–Trinajstić information content (AvgIpc) is 3.23. The van der Waals surface area contributed by atoms with Crippen molar-refractivity contribution in [2.45, 2.75) is 45.6 Å². The second-order valence-electron chi connectivity index (χ2n) is 10.00. The minimum atomic E-state index is -0.357. The maximum Gasteiger partial charge on any atom is 0.223 e. The van der Waals surface area contributed by atoms with Crippen LogP contribution in [-0.4, -0.2) is 45.7 Å². The van der Waals surface area contributed by atoms with E-state index in [0.29, 0.717) is 44.3 Å². The zero-order chi connectivity index (χ0) is 23.6. The lowest BCUT2D eigenvalue weighted by atomic mass is 9.81. The number of nitrogens with zero attached hydrogens (tertiary/aromatic N) is 3. The maximum atomic E-state index is 13.1. The van der Waals surface area contributed by atoms with Gasteiger partial charge < -0.3 is 15.0 Å². The molecule has 174 valence electrons. The number of fused-ring (bicyclic) bond motifs is 1. The lowest BCUT2D eigenvalue weighted by Gasteiger charge is -2.35.